The Labute approximate surface area is 126 Å². The topological polar surface area (TPSA) is 19.0 Å². The Morgan fingerprint density at radius 1 is 1.18 bits per heavy atom. The monoisotopic (exact) mass is 306 g/mol. The first-order valence-corrected chi connectivity index (χ1v) is 7.96. The summed E-state index contributed by atoms with van der Waals surface area (Å²) in [6.45, 7) is 2.25. The summed E-state index contributed by atoms with van der Waals surface area (Å²) in [4.78, 5) is 5.94. The maximum atomic E-state index is 12.9. The smallest absolute Gasteiger partial charge is 0.358 e. The summed E-state index contributed by atoms with van der Waals surface area (Å²) in [5.41, 5.74) is 2.55. The van der Waals surface area contributed by atoms with Gasteiger partial charge in [-0.1, -0.05) is 6.07 Å². The predicted molar refractivity (Wildman–Crippen MR) is 77.8 cm³/mol. The van der Waals surface area contributed by atoms with Crippen molar-refractivity contribution in [1.82, 2.24) is 9.88 Å². The molecule has 2 aromatic rings. The van der Waals surface area contributed by atoms with E-state index in [1.807, 2.05) is 0 Å². The SMILES string of the molecule is FC(F)(F)c1ccc2c3c([nH]c2c1)[C@@H]1C[C@H]2C[C@@H]1N(CC3)C2. The van der Waals surface area contributed by atoms with Crippen LogP contribution >= 0.6 is 0 Å². The average Bonchev–Trinajstić information content (AvgIpc) is 3.14. The molecule has 0 unspecified atom stereocenters. The number of nitrogens with one attached hydrogen (secondary N) is 1. The summed E-state index contributed by atoms with van der Waals surface area (Å²) in [7, 11) is 0. The van der Waals surface area contributed by atoms with Crippen LogP contribution in [0.15, 0.2) is 18.2 Å². The van der Waals surface area contributed by atoms with Crippen molar-refractivity contribution in [3.05, 3.63) is 35.0 Å². The Morgan fingerprint density at radius 2 is 2.05 bits per heavy atom. The van der Waals surface area contributed by atoms with Crippen LogP contribution in [0.3, 0.4) is 0 Å². The van der Waals surface area contributed by atoms with Gasteiger partial charge in [0.05, 0.1) is 5.56 Å². The molecule has 3 heterocycles. The number of aromatic amines is 1. The van der Waals surface area contributed by atoms with Crippen molar-refractivity contribution >= 4 is 10.9 Å². The molecule has 3 atom stereocenters. The lowest BCUT2D eigenvalue weighted by atomic mass is 9.93. The molecule has 1 aliphatic carbocycles. The van der Waals surface area contributed by atoms with Gasteiger partial charge in [0.1, 0.15) is 0 Å². The molecular formula is C17H17F3N2. The van der Waals surface area contributed by atoms with E-state index in [4.69, 9.17) is 0 Å². The lowest BCUT2D eigenvalue weighted by Crippen LogP contribution is -2.36. The van der Waals surface area contributed by atoms with Gasteiger partial charge in [0, 0.05) is 41.6 Å². The Balaban J connectivity index is 1.67. The van der Waals surface area contributed by atoms with Gasteiger partial charge in [-0.05, 0) is 42.9 Å². The Kier molecular flexibility index (Phi) is 2.41. The summed E-state index contributed by atoms with van der Waals surface area (Å²) >= 11 is 0. The zero-order valence-electron chi connectivity index (χ0n) is 12.1. The highest BCUT2D eigenvalue weighted by molar-refractivity contribution is 5.86. The lowest BCUT2D eigenvalue weighted by molar-refractivity contribution is -0.137. The van der Waals surface area contributed by atoms with Crippen molar-refractivity contribution in [3.8, 4) is 0 Å². The van der Waals surface area contributed by atoms with Crippen LogP contribution in [-0.4, -0.2) is 29.0 Å². The zero-order chi connectivity index (χ0) is 15.1. The summed E-state index contributed by atoms with van der Waals surface area (Å²) in [6, 6.07) is 4.74. The summed E-state index contributed by atoms with van der Waals surface area (Å²) in [5, 5.41) is 0.981. The van der Waals surface area contributed by atoms with Gasteiger partial charge in [0.15, 0.2) is 0 Å². The van der Waals surface area contributed by atoms with Crippen molar-refractivity contribution in [2.75, 3.05) is 13.1 Å². The number of alkyl halides is 3. The first-order chi connectivity index (χ1) is 10.5. The van der Waals surface area contributed by atoms with E-state index in [-0.39, 0.29) is 0 Å². The number of aromatic nitrogens is 1. The van der Waals surface area contributed by atoms with Gasteiger partial charge in [-0.3, -0.25) is 4.90 Å². The summed E-state index contributed by atoms with van der Waals surface area (Å²) in [6.07, 6.45) is -0.888. The van der Waals surface area contributed by atoms with E-state index in [1.54, 1.807) is 6.07 Å². The normalized spacial score (nSPS) is 30.8. The van der Waals surface area contributed by atoms with Crippen molar-refractivity contribution < 1.29 is 13.2 Å². The molecule has 1 aromatic heterocycles. The van der Waals surface area contributed by atoms with Crippen molar-refractivity contribution in [2.24, 2.45) is 5.92 Å². The van der Waals surface area contributed by atoms with Crippen molar-refractivity contribution in [1.29, 1.82) is 0 Å². The first kappa shape index (κ1) is 13.0. The third-order valence-electron chi connectivity index (χ3n) is 5.87. The summed E-state index contributed by atoms with van der Waals surface area (Å²) < 4.78 is 38.7. The van der Waals surface area contributed by atoms with Crippen molar-refractivity contribution in [2.45, 2.75) is 37.4 Å². The first-order valence-electron chi connectivity index (χ1n) is 7.96. The van der Waals surface area contributed by atoms with Gasteiger partial charge in [0.25, 0.3) is 0 Å². The van der Waals surface area contributed by atoms with E-state index in [1.165, 1.54) is 42.8 Å². The molecule has 2 fully saturated rings. The minimum atomic E-state index is -4.28. The fourth-order valence-electron chi connectivity index (χ4n) is 5.00. The standard InChI is InChI=1S/C17H17F3N2/c18-17(19,20)10-1-2-11-12-3-4-22-8-9-5-13(15(22)6-9)16(12)21-14(11)7-10/h1-2,7,9,13,15,21H,3-6,8H2/t9-,13+,15-/m0/s1. The van der Waals surface area contributed by atoms with E-state index in [0.717, 1.165) is 24.3 Å². The fraction of sp³-hybridized carbons (Fsp3) is 0.529. The molecule has 5 heteroatoms. The molecule has 1 aromatic carbocycles. The Morgan fingerprint density at radius 3 is 2.82 bits per heavy atom. The molecule has 3 aliphatic rings. The quantitative estimate of drug-likeness (QED) is 0.781. The average molecular weight is 306 g/mol. The molecule has 1 N–H and O–H groups in total. The van der Waals surface area contributed by atoms with Gasteiger partial charge in [-0.2, -0.15) is 13.2 Å². The van der Waals surface area contributed by atoms with Crippen LogP contribution in [0.1, 0.15) is 35.6 Å². The summed E-state index contributed by atoms with van der Waals surface area (Å²) in [5.74, 6) is 1.26. The van der Waals surface area contributed by atoms with E-state index < -0.39 is 11.7 Å². The molecule has 0 spiro atoms. The molecule has 2 nitrogen and oxygen atoms in total. The highest BCUT2D eigenvalue weighted by atomic mass is 19.4. The van der Waals surface area contributed by atoms with E-state index >= 15 is 0 Å². The van der Waals surface area contributed by atoms with Crippen LogP contribution in [0.25, 0.3) is 10.9 Å². The van der Waals surface area contributed by atoms with E-state index in [2.05, 4.69) is 9.88 Å². The van der Waals surface area contributed by atoms with Crippen molar-refractivity contribution in [3.63, 3.8) is 0 Å². The largest absolute Gasteiger partial charge is 0.416 e. The van der Waals surface area contributed by atoms with Crippen LogP contribution in [0, 0.1) is 5.92 Å². The molecule has 1 saturated heterocycles. The number of piperidine rings is 1. The number of halogens is 3. The van der Waals surface area contributed by atoms with E-state index in [0.29, 0.717) is 17.5 Å². The van der Waals surface area contributed by atoms with Gasteiger partial charge >= 0.3 is 6.18 Å². The highest BCUT2D eigenvalue weighted by Gasteiger charge is 2.47. The fourth-order valence-corrected chi connectivity index (χ4v) is 5.00. The van der Waals surface area contributed by atoms with Crippen LogP contribution in [0.4, 0.5) is 13.2 Å². The minimum absolute atomic E-state index is 0.484. The Hall–Kier alpha value is -1.49. The number of hydrogen-bond acceptors (Lipinski definition) is 1. The second-order valence-corrected chi connectivity index (χ2v) is 7.03. The molecule has 5 rings (SSSR count). The number of hydrogen-bond donors (Lipinski definition) is 1. The van der Waals surface area contributed by atoms with Gasteiger partial charge in [-0.25, -0.2) is 0 Å². The third-order valence-corrected chi connectivity index (χ3v) is 5.87. The second kappa shape index (κ2) is 4.07. The maximum Gasteiger partial charge on any atom is 0.416 e. The molecule has 116 valence electrons. The van der Waals surface area contributed by atoms with Gasteiger partial charge in [-0.15, -0.1) is 0 Å². The van der Waals surface area contributed by atoms with Crippen LogP contribution < -0.4 is 0 Å². The Bertz CT molecular complexity index is 761. The van der Waals surface area contributed by atoms with Crippen LogP contribution in [0.5, 0.6) is 0 Å². The number of benzene rings is 1. The molecule has 22 heavy (non-hydrogen) atoms. The third kappa shape index (κ3) is 1.66. The van der Waals surface area contributed by atoms with Crippen LogP contribution in [-0.2, 0) is 12.6 Å². The molecule has 2 bridgehead atoms. The molecular weight excluding hydrogens is 289 g/mol. The lowest BCUT2D eigenvalue weighted by Gasteiger charge is -2.30. The zero-order valence-corrected chi connectivity index (χ0v) is 12.1. The predicted octanol–water partition coefficient (Wildman–Crippen LogP) is 3.92. The molecule has 1 saturated carbocycles. The maximum absolute atomic E-state index is 12.9. The molecule has 0 radical (unpaired) electrons. The van der Waals surface area contributed by atoms with Gasteiger partial charge in [0.2, 0.25) is 0 Å². The number of H-pyrrole nitrogens is 1. The minimum Gasteiger partial charge on any atom is -0.358 e. The van der Waals surface area contributed by atoms with E-state index in [9.17, 15) is 13.2 Å². The molecule has 0 amide bonds. The second-order valence-electron chi connectivity index (χ2n) is 7.03. The number of rotatable bonds is 0. The molecule has 2 aliphatic heterocycles. The highest BCUT2D eigenvalue weighted by Crippen LogP contribution is 2.50. The number of fused-ring (bicyclic) bond motifs is 5. The number of nitrogens with zero attached hydrogens (tertiary/aromatic N) is 1. The van der Waals surface area contributed by atoms with Crippen LogP contribution in [0.2, 0.25) is 0 Å². The van der Waals surface area contributed by atoms with Gasteiger partial charge < -0.3 is 4.98 Å².